The van der Waals surface area contributed by atoms with Crippen LogP contribution < -0.4 is 10.2 Å². The topological polar surface area (TPSA) is 61.4 Å². The summed E-state index contributed by atoms with van der Waals surface area (Å²) in [6.45, 7) is 4.76. The van der Waals surface area contributed by atoms with E-state index in [9.17, 15) is 4.79 Å². The Morgan fingerprint density at radius 3 is 2.42 bits per heavy atom. The fourth-order valence-electron chi connectivity index (χ4n) is 2.56. The first-order chi connectivity index (χ1) is 11.6. The Bertz CT molecular complexity index is 727. The lowest BCUT2D eigenvalue weighted by molar-refractivity contribution is -0.118. The van der Waals surface area contributed by atoms with Crippen LogP contribution in [0.4, 0.5) is 17.5 Å². The van der Waals surface area contributed by atoms with Crippen molar-refractivity contribution in [2.24, 2.45) is 0 Å². The van der Waals surface area contributed by atoms with Crippen LogP contribution >= 0.6 is 23.2 Å². The van der Waals surface area contributed by atoms with Crippen molar-refractivity contribution in [2.75, 3.05) is 36.4 Å². The van der Waals surface area contributed by atoms with Gasteiger partial charge in [-0.15, -0.1) is 0 Å². The second kappa shape index (κ2) is 7.23. The summed E-state index contributed by atoms with van der Waals surface area (Å²) < 4.78 is 0. The first-order valence-electron chi connectivity index (χ1n) is 7.58. The minimum absolute atomic E-state index is 0.442. The number of benzene rings is 1. The van der Waals surface area contributed by atoms with Crippen LogP contribution in [0.3, 0.4) is 0 Å². The number of piperazine rings is 1. The second-order valence-electron chi connectivity index (χ2n) is 5.54. The molecule has 1 saturated heterocycles. The Balaban J connectivity index is 1.83. The van der Waals surface area contributed by atoms with Gasteiger partial charge in [0.15, 0.2) is 0 Å². The lowest BCUT2D eigenvalue weighted by Crippen LogP contribution is -2.46. The lowest BCUT2D eigenvalue weighted by Gasteiger charge is -2.33. The molecule has 0 atom stereocenters. The van der Waals surface area contributed by atoms with E-state index >= 15 is 0 Å². The highest BCUT2D eigenvalue weighted by molar-refractivity contribution is 6.39. The average molecular weight is 366 g/mol. The van der Waals surface area contributed by atoms with Crippen molar-refractivity contribution >= 4 is 47.1 Å². The minimum Gasteiger partial charge on any atom is -0.353 e. The third kappa shape index (κ3) is 3.71. The van der Waals surface area contributed by atoms with E-state index in [-0.39, 0.29) is 0 Å². The summed E-state index contributed by atoms with van der Waals surface area (Å²) in [6.07, 6.45) is 0.884. The maximum absolute atomic E-state index is 10.8. The van der Waals surface area contributed by atoms with E-state index < -0.39 is 0 Å². The number of anilines is 3. The monoisotopic (exact) mass is 365 g/mol. The van der Waals surface area contributed by atoms with Gasteiger partial charge < -0.3 is 15.1 Å². The van der Waals surface area contributed by atoms with Gasteiger partial charge in [0.05, 0.1) is 15.7 Å². The van der Waals surface area contributed by atoms with Crippen LogP contribution in [0.25, 0.3) is 0 Å². The third-order valence-corrected chi connectivity index (χ3v) is 4.46. The van der Waals surface area contributed by atoms with Crippen LogP contribution in [0.5, 0.6) is 0 Å². The summed E-state index contributed by atoms with van der Waals surface area (Å²) in [5.41, 5.74) is 1.42. The number of carbonyl (C=O) groups excluding carboxylic acids is 1. The van der Waals surface area contributed by atoms with Crippen molar-refractivity contribution in [3.63, 3.8) is 0 Å². The molecule has 0 radical (unpaired) electrons. The van der Waals surface area contributed by atoms with Gasteiger partial charge in [0.25, 0.3) is 0 Å². The molecule has 1 aromatic heterocycles. The fraction of sp³-hybridized carbons (Fsp3) is 0.312. The zero-order chi connectivity index (χ0) is 17.1. The molecule has 0 saturated carbocycles. The molecule has 3 rings (SSSR count). The van der Waals surface area contributed by atoms with E-state index in [4.69, 9.17) is 23.2 Å². The molecule has 1 aliphatic rings. The number of rotatable bonds is 4. The quantitative estimate of drug-likeness (QED) is 0.843. The van der Waals surface area contributed by atoms with Crippen molar-refractivity contribution < 1.29 is 4.79 Å². The Hall–Kier alpha value is -2.05. The average Bonchev–Trinajstić information content (AvgIpc) is 2.58. The molecule has 0 bridgehead atoms. The highest BCUT2D eigenvalue weighted by Crippen LogP contribution is 2.32. The number of amides is 1. The molecular weight excluding hydrogens is 349 g/mol. The summed E-state index contributed by atoms with van der Waals surface area (Å²) >= 11 is 12.4. The zero-order valence-electron chi connectivity index (χ0n) is 13.2. The summed E-state index contributed by atoms with van der Waals surface area (Å²) in [6, 6.07) is 7.22. The van der Waals surface area contributed by atoms with Crippen LogP contribution in [-0.4, -0.2) is 47.5 Å². The molecule has 126 valence electrons. The van der Waals surface area contributed by atoms with Crippen LogP contribution in [-0.2, 0) is 4.79 Å². The van der Waals surface area contributed by atoms with E-state index in [1.165, 1.54) is 0 Å². The molecule has 0 aliphatic carbocycles. The minimum atomic E-state index is 0.442. The second-order valence-corrected chi connectivity index (χ2v) is 6.36. The van der Waals surface area contributed by atoms with Crippen molar-refractivity contribution in [2.45, 2.75) is 6.92 Å². The Kier molecular flexibility index (Phi) is 5.06. The first kappa shape index (κ1) is 16.8. The van der Waals surface area contributed by atoms with Crippen molar-refractivity contribution in [3.05, 3.63) is 40.0 Å². The third-order valence-electron chi connectivity index (χ3n) is 3.83. The molecule has 1 aliphatic heterocycles. The van der Waals surface area contributed by atoms with E-state index in [1.807, 2.05) is 13.0 Å². The van der Waals surface area contributed by atoms with Gasteiger partial charge in [-0.2, -0.15) is 4.98 Å². The van der Waals surface area contributed by atoms with Gasteiger partial charge in [-0.3, -0.25) is 4.79 Å². The molecule has 24 heavy (non-hydrogen) atoms. The normalized spacial score (nSPS) is 14.6. The highest BCUT2D eigenvalue weighted by Gasteiger charge is 2.18. The molecule has 1 aromatic carbocycles. The molecule has 2 aromatic rings. The van der Waals surface area contributed by atoms with Crippen molar-refractivity contribution in [1.82, 2.24) is 14.9 Å². The number of hydrogen-bond donors (Lipinski definition) is 1. The van der Waals surface area contributed by atoms with Gasteiger partial charge in [-0.25, -0.2) is 4.98 Å². The molecule has 1 fully saturated rings. The fourth-order valence-corrected chi connectivity index (χ4v) is 3.05. The van der Waals surface area contributed by atoms with Crippen molar-refractivity contribution in [1.29, 1.82) is 0 Å². The standard InChI is InChI=1S/C16H17Cl2N5O/c1-11-9-14(23-7-5-22(10-24)6-8-23)20-16(19-11)21-15-12(17)3-2-4-13(15)18/h2-4,9-10H,5-8H2,1H3,(H,19,20,21). The molecule has 1 amide bonds. The number of halogens is 2. The number of hydrogen-bond acceptors (Lipinski definition) is 5. The van der Waals surface area contributed by atoms with Crippen LogP contribution in [0, 0.1) is 6.92 Å². The number of aryl methyl sites for hydroxylation is 1. The van der Waals surface area contributed by atoms with Crippen molar-refractivity contribution in [3.8, 4) is 0 Å². The van der Waals surface area contributed by atoms with Gasteiger partial charge in [0.2, 0.25) is 12.4 Å². The van der Waals surface area contributed by atoms with Gasteiger partial charge in [-0.05, 0) is 19.1 Å². The van der Waals surface area contributed by atoms with E-state index in [0.717, 1.165) is 31.0 Å². The predicted molar refractivity (Wildman–Crippen MR) is 96.4 cm³/mol. The van der Waals surface area contributed by atoms with Crippen LogP contribution in [0.15, 0.2) is 24.3 Å². The molecule has 6 nitrogen and oxygen atoms in total. The maximum Gasteiger partial charge on any atom is 0.229 e. The van der Waals surface area contributed by atoms with E-state index in [0.29, 0.717) is 34.8 Å². The largest absolute Gasteiger partial charge is 0.353 e. The smallest absolute Gasteiger partial charge is 0.229 e. The Morgan fingerprint density at radius 1 is 1.12 bits per heavy atom. The lowest BCUT2D eigenvalue weighted by atomic mass is 10.3. The molecular formula is C16H17Cl2N5O. The number of para-hydroxylation sites is 1. The van der Waals surface area contributed by atoms with E-state index in [2.05, 4.69) is 20.2 Å². The Morgan fingerprint density at radius 2 is 1.79 bits per heavy atom. The molecule has 0 unspecified atom stereocenters. The SMILES string of the molecule is Cc1cc(N2CCN(C=O)CC2)nc(Nc2c(Cl)cccc2Cl)n1. The van der Waals surface area contributed by atoms with Gasteiger partial charge in [-0.1, -0.05) is 29.3 Å². The van der Waals surface area contributed by atoms with Gasteiger partial charge in [0.1, 0.15) is 5.82 Å². The highest BCUT2D eigenvalue weighted by atomic mass is 35.5. The predicted octanol–water partition coefficient (Wildman–Crippen LogP) is 3.11. The molecule has 2 heterocycles. The molecule has 8 heteroatoms. The summed E-state index contributed by atoms with van der Waals surface area (Å²) in [7, 11) is 0. The van der Waals surface area contributed by atoms with E-state index in [1.54, 1.807) is 23.1 Å². The molecule has 1 N–H and O–H groups in total. The summed E-state index contributed by atoms with van der Waals surface area (Å²) in [5, 5.41) is 4.12. The Labute approximate surface area is 150 Å². The summed E-state index contributed by atoms with van der Waals surface area (Å²) in [5.74, 6) is 1.26. The number of nitrogens with one attached hydrogen (secondary N) is 1. The van der Waals surface area contributed by atoms with Gasteiger partial charge >= 0.3 is 0 Å². The van der Waals surface area contributed by atoms with Crippen LogP contribution in [0.1, 0.15) is 5.69 Å². The number of aromatic nitrogens is 2. The van der Waals surface area contributed by atoms with Gasteiger partial charge in [0, 0.05) is 37.9 Å². The summed E-state index contributed by atoms with van der Waals surface area (Å²) in [4.78, 5) is 23.7. The number of carbonyl (C=O) groups is 1. The molecule has 0 spiro atoms. The first-order valence-corrected chi connectivity index (χ1v) is 8.33. The zero-order valence-corrected chi connectivity index (χ0v) is 14.7. The van der Waals surface area contributed by atoms with Crippen LogP contribution in [0.2, 0.25) is 10.0 Å². The number of nitrogens with zero attached hydrogens (tertiary/aromatic N) is 4. The maximum atomic E-state index is 10.8.